The lowest BCUT2D eigenvalue weighted by Crippen LogP contribution is -2.42. The zero-order chi connectivity index (χ0) is 22.6. The van der Waals surface area contributed by atoms with Crippen LogP contribution in [-0.2, 0) is 19.0 Å². The van der Waals surface area contributed by atoms with Crippen LogP contribution in [0.15, 0.2) is 61.2 Å². The summed E-state index contributed by atoms with van der Waals surface area (Å²) in [5, 5.41) is 12.7. The topological polar surface area (TPSA) is 103 Å². The van der Waals surface area contributed by atoms with Crippen molar-refractivity contribution < 1.29 is 33.6 Å². The summed E-state index contributed by atoms with van der Waals surface area (Å²) in [7, 11) is 0. The molecule has 0 aliphatic carbocycles. The van der Waals surface area contributed by atoms with Gasteiger partial charge in [0, 0.05) is 6.61 Å². The van der Waals surface area contributed by atoms with Crippen LogP contribution in [0.1, 0.15) is 24.2 Å². The van der Waals surface area contributed by atoms with E-state index < -0.39 is 24.3 Å². The van der Waals surface area contributed by atoms with Gasteiger partial charge in [-0.15, -0.1) is 6.58 Å². The highest BCUT2D eigenvalue weighted by molar-refractivity contribution is 6.03. The fourth-order valence-corrected chi connectivity index (χ4v) is 2.62. The van der Waals surface area contributed by atoms with Crippen LogP contribution in [-0.4, -0.2) is 49.2 Å². The quantitative estimate of drug-likeness (QED) is 0.302. The van der Waals surface area contributed by atoms with Gasteiger partial charge in [-0.3, -0.25) is 4.79 Å². The maximum absolute atomic E-state index is 12.7. The summed E-state index contributed by atoms with van der Waals surface area (Å²) < 4.78 is 21.3. The van der Waals surface area contributed by atoms with Crippen LogP contribution in [0.4, 0.5) is 5.69 Å². The first-order chi connectivity index (χ1) is 15.0. The summed E-state index contributed by atoms with van der Waals surface area (Å²) in [4.78, 5) is 25.2. The molecule has 0 saturated carbocycles. The van der Waals surface area contributed by atoms with Gasteiger partial charge >= 0.3 is 5.97 Å². The third-order valence-corrected chi connectivity index (χ3v) is 3.97. The number of hydrogen-bond acceptors (Lipinski definition) is 7. The number of anilines is 1. The molecular weight excluding hydrogens is 402 g/mol. The lowest BCUT2D eigenvalue weighted by Gasteiger charge is -2.22. The minimum absolute atomic E-state index is 0.0246. The van der Waals surface area contributed by atoms with Gasteiger partial charge in [-0.1, -0.05) is 24.3 Å². The summed E-state index contributed by atoms with van der Waals surface area (Å²) in [6.45, 7) is 7.25. The van der Waals surface area contributed by atoms with E-state index in [9.17, 15) is 14.7 Å². The first-order valence-corrected chi connectivity index (χ1v) is 9.87. The highest BCUT2D eigenvalue weighted by Crippen LogP contribution is 2.27. The van der Waals surface area contributed by atoms with Gasteiger partial charge in [-0.25, -0.2) is 4.79 Å². The van der Waals surface area contributed by atoms with E-state index in [1.807, 2.05) is 18.2 Å². The molecule has 0 aromatic heterocycles. The van der Waals surface area contributed by atoms with Crippen molar-refractivity contribution >= 4 is 17.6 Å². The molecule has 1 amide bonds. The van der Waals surface area contributed by atoms with Crippen molar-refractivity contribution in [3.8, 4) is 11.5 Å². The Morgan fingerprint density at radius 2 is 1.81 bits per heavy atom. The molecule has 2 atom stereocenters. The van der Waals surface area contributed by atoms with E-state index >= 15 is 0 Å². The predicted molar refractivity (Wildman–Crippen MR) is 115 cm³/mol. The number of rotatable bonds is 12. The smallest absolute Gasteiger partial charge is 0.340 e. The Morgan fingerprint density at radius 1 is 1.06 bits per heavy atom. The molecule has 0 heterocycles. The SMILES string of the molecule is C=CCOC(C(=O)Nc1ccc(Oc2ccccc2)cc1C(=O)OCC)C(O)OCC. The predicted octanol–water partition coefficient (Wildman–Crippen LogP) is 3.52. The summed E-state index contributed by atoms with van der Waals surface area (Å²) in [5.41, 5.74) is 0.275. The van der Waals surface area contributed by atoms with Gasteiger partial charge < -0.3 is 29.4 Å². The number of amides is 1. The molecule has 8 heteroatoms. The molecule has 0 spiro atoms. The molecule has 0 radical (unpaired) electrons. The van der Waals surface area contributed by atoms with Gasteiger partial charge in [0.2, 0.25) is 0 Å². The summed E-state index contributed by atoms with van der Waals surface area (Å²) in [6, 6.07) is 13.6. The van der Waals surface area contributed by atoms with Crippen LogP contribution in [0.25, 0.3) is 0 Å². The number of hydrogen-bond donors (Lipinski definition) is 2. The Bertz CT molecular complexity index is 869. The molecule has 2 aromatic carbocycles. The lowest BCUT2D eigenvalue weighted by atomic mass is 10.1. The van der Waals surface area contributed by atoms with Crippen molar-refractivity contribution in [2.75, 3.05) is 25.1 Å². The maximum atomic E-state index is 12.7. The first-order valence-electron chi connectivity index (χ1n) is 9.87. The van der Waals surface area contributed by atoms with Gasteiger partial charge in [0.1, 0.15) is 11.5 Å². The van der Waals surface area contributed by atoms with E-state index in [2.05, 4.69) is 11.9 Å². The van der Waals surface area contributed by atoms with E-state index in [4.69, 9.17) is 18.9 Å². The minimum atomic E-state index is -1.49. The Labute approximate surface area is 181 Å². The molecule has 2 rings (SSSR count). The van der Waals surface area contributed by atoms with Crippen molar-refractivity contribution in [2.24, 2.45) is 0 Å². The largest absolute Gasteiger partial charge is 0.462 e. The monoisotopic (exact) mass is 429 g/mol. The van der Waals surface area contributed by atoms with Gasteiger partial charge in [0.05, 0.1) is 24.5 Å². The van der Waals surface area contributed by atoms with Crippen molar-refractivity contribution in [1.82, 2.24) is 0 Å². The Morgan fingerprint density at radius 3 is 2.45 bits per heavy atom. The number of esters is 1. The minimum Gasteiger partial charge on any atom is -0.462 e. The summed E-state index contributed by atoms with van der Waals surface area (Å²) >= 11 is 0. The van der Waals surface area contributed by atoms with Crippen LogP contribution < -0.4 is 10.1 Å². The second kappa shape index (κ2) is 12.5. The third-order valence-electron chi connectivity index (χ3n) is 3.97. The molecule has 0 aliphatic heterocycles. The second-order valence-corrected chi connectivity index (χ2v) is 6.22. The van der Waals surface area contributed by atoms with Crippen molar-refractivity contribution in [3.05, 3.63) is 66.7 Å². The molecule has 2 unspecified atom stereocenters. The number of aliphatic hydroxyl groups is 1. The zero-order valence-corrected chi connectivity index (χ0v) is 17.6. The standard InChI is InChI=1S/C23H27NO7/c1-4-14-30-20(23(27)29-6-3)21(25)24-19-13-12-17(15-18(19)22(26)28-5-2)31-16-10-8-7-9-11-16/h4,7-13,15,20,23,27H,1,5-6,14H2,2-3H3,(H,24,25). The second-order valence-electron chi connectivity index (χ2n) is 6.22. The molecule has 31 heavy (non-hydrogen) atoms. The number of nitrogens with one attached hydrogen (secondary N) is 1. The van der Waals surface area contributed by atoms with Crippen molar-refractivity contribution in [1.29, 1.82) is 0 Å². The average Bonchev–Trinajstić information content (AvgIpc) is 2.76. The fourth-order valence-electron chi connectivity index (χ4n) is 2.62. The average molecular weight is 429 g/mol. The normalized spacial score (nSPS) is 12.5. The van der Waals surface area contributed by atoms with E-state index in [0.29, 0.717) is 11.5 Å². The molecular formula is C23H27NO7. The molecule has 166 valence electrons. The zero-order valence-electron chi connectivity index (χ0n) is 17.6. The van der Waals surface area contributed by atoms with Gasteiger partial charge in [-0.2, -0.15) is 0 Å². The molecule has 2 N–H and O–H groups in total. The summed E-state index contributed by atoms with van der Waals surface area (Å²) in [5.74, 6) is -0.344. The van der Waals surface area contributed by atoms with Gasteiger partial charge in [0.25, 0.3) is 5.91 Å². The van der Waals surface area contributed by atoms with Crippen LogP contribution in [0, 0.1) is 0 Å². The molecule has 2 aromatic rings. The Kier molecular flexibility index (Phi) is 9.70. The highest BCUT2D eigenvalue weighted by Gasteiger charge is 2.29. The van der Waals surface area contributed by atoms with Crippen molar-refractivity contribution in [3.63, 3.8) is 0 Å². The summed E-state index contributed by atoms with van der Waals surface area (Å²) in [6.07, 6.45) is -1.37. The number of carbonyl (C=O) groups is 2. The van der Waals surface area contributed by atoms with Crippen LogP contribution >= 0.6 is 0 Å². The fraction of sp³-hybridized carbons (Fsp3) is 0.304. The third kappa shape index (κ3) is 7.21. The number of benzene rings is 2. The van der Waals surface area contributed by atoms with Crippen LogP contribution in [0.5, 0.6) is 11.5 Å². The highest BCUT2D eigenvalue weighted by atomic mass is 16.6. The maximum Gasteiger partial charge on any atom is 0.340 e. The Hall–Kier alpha value is -3.20. The molecule has 0 aliphatic rings. The molecule has 0 fully saturated rings. The van der Waals surface area contributed by atoms with Gasteiger partial charge in [0.15, 0.2) is 12.4 Å². The number of para-hydroxylation sites is 1. The van der Waals surface area contributed by atoms with Crippen LogP contribution in [0.3, 0.4) is 0 Å². The number of aliphatic hydroxyl groups excluding tert-OH is 1. The lowest BCUT2D eigenvalue weighted by molar-refractivity contribution is -0.179. The van der Waals surface area contributed by atoms with E-state index in [1.54, 1.807) is 32.0 Å². The number of ether oxygens (including phenoxy) is 4. The van der Waals surface area contributed by atoms with E-state index in [1.165, 1.54) is 18.2 Å². The molecule has 8 nitrogen and oxygen atoms in total. The van der Waals surface area contributed by atoms with E-state index in [0.717, 1.165) is 0 Å². The van der Waals surface area contributed by atoms with Crippen LogP contribution in [0.2, 0.25) is 0 Å². The first kappa shape index (κ1) is 24.1. The van der Waals surface area contributed by atoms with E-state index in [-0.39, 0.29) is 31.1 Å². The van der Waals surface area contributed by atoms with Crippen molar-refractivity contribution in [2.45, 2.75) is 26.2 Å². The number of carbonyl (C=O) groups excluding carboxylic acids is 2. The molecule has 0 saturated heterocycles. The van der Waals surface area contributed by atoms with Gasteiger partial charge in [-0.05, 0) is 44.2 Å². The Balaban J connectivity index is 2.28. The molecule has 0 bridgehead atoms.